The Labute approximate surface area is 78.7 Å². The molecule has 76 valence electrons. The highest BCUT2D eigenvalue weighted by molar-refractivity contribution is 5.67. The van der Waals surface area contributed by atoms with Crippen LogP contribution < -0.4 is 5.73 Å². The zero-order valence-corrected chi connectivity index (χ0v) is 7.91. The van der Waals surface area contributed by atoms with Crippen LogP contribution in [0.3, 0.4) is 0 Å². The number of nitrogens with two attached hydrogens (primary N) is 1. The van der Waals surface area contributed by atoms with Crippen molar-refractivity contribution in [2.75, 3.05) is 26.2 Å². The van der Waals surface area contributed by atoms with E-state index in [1.54, 1.807) is 0 Å². The van der Waals surface area contributed by atoms with Crippen LogP contribution >= 0.6 is 0 Å². The normalized spacial score (nSPS) is 20.4. The molecule has 1 heterocycles. The van der Waals surface area contributed by atoms with Gasteiger partial charge < -0.3 is 15.7 Å². The first-order valence-corrected chi connectivity index (χ1v) is 4.86. The lowest BCUT2D eigenvalue weighted by Gasteiger charge is -2.30. The number of carboxylic acid groups (broad SMARTS) is 1. The van der Waals surface area contributed by atoms with E-state index < -0.39 is 5.97 Å². The molecule has 0 bridgehead atoms. The van der Waals surface area contributed by atoms with Gasteiger partial charge in [0.05, 0.1) is 0 Å². The monoisotopic (exact) mass is 186 g/mol. The second-order valence-electron chi connectivity index (χ2n) is 3.67. The van der Waals surface area contributed by atoms with Crippen LogP contribution in [-0.4, -0.2) is 42.2 Å². The van der Waals surface area contributed by atoms with Gasteiger partial charge in [-0.15, -0.1) is 0 Å². The first-order valence-electron chi connectivity index (χ1n) is 4.86. The first kappa shape index (κ1) is 10.5. The van der Waals surface area contributed by atoms with Crippen molar-refractivity contribution in [3.63, 3.8) is 0 Å². The molecule has 0 amide bonds. The Morgan fingerprint density at radius 3 is 2.54 bits per heavy atom. The van der Waals surface area contributed by atoms with Crippen LogP contribution in [0.1, 0.15) is 19.3 Å². The highest BCUT2D eigenvalue weighted by Crippen LogP contribution is 2.19. The van der Waals surface area contributed by atoms with Gasteiger partial charge in [-0.2, -0.15) is 0 Å². The summed E-state index contributed by atoms with van der Waals surface area (Å²) in [5.74, 6) is -0.288. The van der Waals surface area contributed by atoms with E-state index >= 15 is 0 Å². The lowest BCUT2D eigenvalue weighted by atomic mass is 9.94. The fourth-order valence-electron chi connectivity index (χ4n) is 1.84. The summed E-state index contributed by atoms with van der Waals surface area (Å²) >= 11 is 0. The van der Waals surface area contributed by atoms with Gasteiger partial charge in [-0.3, -0.25) is 4.79 Å². The summed E-state index contributed by atoms with van der Waals surface area (Å²) < 4.78 is 0. The molecule has 4 nitrogen and oxygen atoms in total. The molecule has 1 aliphatic heterocycles. The Balaban J connectivity index is 2.18. The number of likely N-dealkylation sites (tertiary alicyclic amines) is 1. The number of rotatable bonds is 4. The number of aliphatic carboxylic acids is 1. The van der Waals surface area contributed by atoms with Crippen molar-refractivity contribution >= 4 is 5.97 Å². The predicted octanol–water partition coefficient (Wildman–Crippen LogP) is 0.132. The van der Waals surface area contributed by atoms with Gasteiger partial charge in [0.2, 0.25) is 0 Å². The molecule has 4 heteroatoms. The minimum absolute atomic E-state index is 0.330. The second kappa shape index (κ2) is 5.19. The molecule has 1 rings (SSSR count). The molecule has 1 saturated heterocycles. The van der Waals surface area contributed by atoms with Crippen molar-refractivity contribution in [1.29, 1.82) is 0 Å². The van der Waals surface area contributed by atoms with Gasteiger partial charge in [-0.1, -0.05) is 0 Å². The van der Waals surface area contributed by atoms with Gasteiger partial charge in [0, 0.05) is 19.5 Å². The number of carbonyl (C=O) groups is 1. The topological polar surface area (TPSA) is 66.6 Å². The predicted molar refractivity (Wildman–Crippen MR) is 50.5 cm³/mol. The van der Waals surface area contributed by atoms with E-state index in [1.165, 1.54) is 0 Å². The zero-order chi connectivity index (χ0) is 9.68. The largest absolute Gasteiger partial charge is 0.481 e. The number of carboxylic acids is 1. The van der Waals surface area contributed by atoms with E-state index in [1.807, 2.05) is 0 Å². The fraction of sp³-hybridized carbons (Fsp3) is 0.889. The Bertz CT molecular complexity index is 165. The van der Waals surface area contributed by atoms with Crippen LogP contribution in [0.5, 0.6) is 0 Å². The molecule has 0 aliphatic carbocycles. The summed E-state index contributed by atoms with van der Waals surface area (Å²) in [4.78, 5) is 12.7. The van der Waals surface area contributed by atoms with E-state index in [2.05, 4.69) is 4.90 Å². The van der Waals surface area contributed by atoms with Crippen molar-refractivity contribution in [1.82, 2.24) is 4.90 Å². The molecule has 0 aromatic heterocycles. The van der Waals surface area contributed by atoms with Crippen LogP contribution in [-0.2, 0) is 4.79 Å². The van der Waals surface area contributed by atoms with Crippen LogP contribution in [0.4, 0.5) is 0 Å². The van der Waals surface area contributed by atoms with Crippen molar-refractivity contribution < 1.29 is 9.90 Å². The average Bonchev–Trinajstić information content (AvgIpc) is 2.08. The van der Waals surface area contributed by atoms with Gasteiger partial charge >= 0.3 is 5.97 Å². The number of piperidine rings is 1. The van der Waals surface area contributed by atoms with E-state index in [0.29, 0.717) is 18.9 Å². The van der Waals surface area contributed by atoms with Crippen molar-refractivity contribution in [3.05, 3.63) is 0 Å². The van der Waals surface area contributed by atoms with Gasteiger partial charge in [-0.05, 0) is 31.8 Å². The second-order valence-corrected chi connectivity index (χ2v) is 3.67. The van der Waals surface area contributed by atoms with E-state index in [4.69, 9.17) is 10.8 Å². The minimum atomic E-state index is -0.669. The number of hydrogen-bond donors (Lipinski definition) is 2. The Morgan fingerprint density at radius 2 is 2.08 bits per heavy atom. The Hall–Kier alpha value is -0.610. The SMILES string of the molecule is NCCN1CCC(CC(=O)O)CC1. The van der Waals surface area contributed by atoms with Gasteiger partial charge in [-0.25, -0.2) is 0 Å². The van der Waals surface area contributed by atoms with E-state index in [0.717, 1.165) is 32.5 Å². The third-order valence-electron chi connectivity index (χ3n) is 2.62. The maximum Gasteiger partial charge on any atom is 0.303 e. The van der Waals surface area contributed by atoms with Crippen LogP contribution in [0.2, 0.25) is 0 Å². The third kappa shape index (κ3) is 3.74. The Kier molecular flexibility index (Phi) is 4.18. The van der Waals surface area contributed by atoms with Crippen LogP contribution in [0.25, 0.3) is 0 Å². The summed E-state index contributed by atoms with van der Waals surface area (Å²) in [5, 5.41) is 8.60. The summed E-state index contributed by atoms with van der Waals surface area (Å²) in [6.45, 7) is 3.66. The maximum atomic E-state index is 10.4. The van der Waals surface area contributed by atoms with Gasteiger partial charge in [0.15, 0.2) is 0 Å². The molecule has 0 spiro atoms. The maximum absolute atomic E-state index is 10.4. The molecule has 0 unspecified atom stereocenters. The lowest BCUT2D eigenvalue weighted by Crippen LogP contribution is -2.37. The lowest BCUT2D eigenvalue weighted by molar-refractivity contribution is -0.138. The van der Waals surface area contributed by atoms with Crippen molar-refractivity contribution in [2.24, 2.45) is 11.7 Å². The molecule has 1 fully saturated rings. The highest BCUT2D eigenvalue weighted by atomic mass is 16.4. The fourth-order valence-corrected chi connectivity index (χ4v) is 1.84. The number of hydrogen-bond acceptors (Lipinski definition) is 3. The molecule has 3 N–H and O–H groups in total. The zero-order valence-electron chi connectivity index (χ0n) is 7.91. The molecule has 0 radical (unpaired) electrons. The van der Waals surface area contributed by atoms with E-state index in [-0.39, 0.29) is 0 Å². The van der Waals surface area contributed by atoms with Crippen LogP contribution in [0, 0.1) is 5.92 Å². The van der Waals surface area contributed by atoms with Gasteiger partial charge in [0.25, 0.3) is 0 Å². The molecular formula is C9H18N2O2. The summed E-state index contributed by atoms with van der Waals surface area (Å²) in [5.41, 5.74) is 5.44. The first-order chi connectivity index (χ1) is 6.22. The molecule has 13 heavy (non-hydrogen) atoms. The number of nitrogens with zero attached hydrogens (tertiary/aromatic N) is 1. The molecule has 0 saturated carbocycles. The van der Waals surface area contributed by atoms with Crippen molar-refractivity contribution in [2.45, 2.75) is 19.3 Å². The van der Waals surface area contributed by atoms with Crippen LogP contribution in [0.15, 0.2) is 0 Å². The summed E-state index contributed by atoms with van der Waals surface area (Å²) in [6.07, 6.45) is 2.34. The standard InChI is InChI=1S/C9H18N2O2/c10-3-6-11-4-1-8(2-5-11)7-9(12)13/h8H,1-7,10H2,(H,12,13). The Morgan fingerprint density at radius 1 is 1.46 bits per heavy atom. The smallest absolute Gasteiger partial charge is 0.303 e. The van der Waals surface area contributed by atoms with Crippen molar-refractivity contribution in [3.8, 4) is 0 Å². The molecular weight excluding hydrogens is 168 g/mol. The third-order valence-corrected chi connectivity index (χ3v) is 2.62. The minimum Gasteiger partial charge on any atom is -0.481 e. The summed E-state index contributed by atoms with van der Waals surface area (Å²) in [6, 6.07) is 0. The molecule has 1 aliphatic rings. The molecule has 0 aromatic carbocycles. The molecule has 0 aromatic rings. The van der Waals surface area contributed by atoms with Gasteiger partial charge in [0.1, 0.15) is 0 Å². The average molecular weight is 186 g/mol. The molecule has 0 atom stereocenters. The highest BCUT2D eigenvalue weighted by Gasteiger charge is 2.20. The summed E-state index contributed by atoms with van der Waals surface area (Å²) in [7, 11) is 0. The van der Waals surface area contributed by atoms with E-state index in [9.17, 15) is 4.79 Å². The quantitative estimate of drug-likeness (QED) is 0.655.